The van der Waals surface area contributed by atoms with Gasteiger partial charge in [-0.2, -0.15) is 13.2 Å². The van der Waals surface area contributed by atoms with E-state index in [0.29, 0.717) is 11.1 Å². The molecule has 164 valence electrons. The van der Waals surface area contributed by atoms with E-state index in [1.54, 1.807) is 29.4 Å². The van der Waals surface area contributed by atoms with Gasteiger partial charge in [0.1, 0.15) is 12.6 Å². The molecule has 0 bridgehead atoms. The van der Waals surface area contributed by atoms with Crippen molar-refractivity contribution in [1.82, 2.24) is 14.8 Å². The number of piperazine rings is 1. The van der Waals surface area contributed by atoms with E-state index in [2.05, 4.69) is 4.98 Å². The molecule has 5 nitrogen and oxygen atoms in total. The number of halogens is 3. The molecule has 1 aromatic carbocycles. The third kappa shape index (κ3) is 4.57. The first-order valence-electron chi connectivity index (χ1n) is 10.5. The molecule has 1 saturated carbocycles. The summed E-state index contributed by atoms with van der Waals surface area (Å²) in [5, 5.41) is 0. The monoisotopic (exact) mass is 431 g/mol. The van der Waals surface area contributed by atoms with E-state index in [1.807, 2.05) is 0 Å². The van der Waals surface area contributed by atoms with Crippen LogP contribution in [0.4, 0.5) is 13.2 Å². The third-order valence-electron chi connectivity index (χ3n) is 6.10. The summed E-state index contributed by atoms with van der Waals surface area (Å²) in [5.41, 5.74) is 0.395. The van der Waals surface area contributed by atoms with Gasteiger partial charge in [-0.15, -0.1) is 0 Å². The van der Waals surface area contributed by atoms with Crippen molar-refractivity contribution >= 4 is 11.8 Å². The Labute approximate surface area is 178 Å². The second-order valence-corrected chi connectivity index (χ2v) is 8.16. The van der Waals surface area contributed by atoms with Crippen LogP contribution in [0.2, 0.25) is 0 Å². The third-order valence-corrected chi connectivity index (χ3v) is 6.10. The van der Waals surface area contributed by atoms with Gasteiger partial charge in [0.25, 0.3) is 5.91 Å². The average molecular weight is 431 g/mol. The minimum absolute atomic E-state index is 0.000890. The lowest BCUT2D eigenvalue weighted by atomic mass is 9.91. The molecule has 2 amide bonds. The highest BCUT2D eigenvalue weighted by molar-refractivity contribution is 5.95. The largest absolute Gasteiger partial charge is 0.416 e. The maximum atomic E-state index is 13.5. The highest BCUT2D eigenvalue weighted by Gasteiger charge is 2.43. The molecular formula is C23H24F3N3O2. The number of nitrogens with zero attached hydrogens (tertiary/aromatic N) is 3. The first-order valence-corrected chi connectivity index (χ1v) is 10.5. The number of benzene rings is 1. The Hall–Kier alpha value is -2.90. The molecule has 0 N–H and O–H groups in total. The summed E-state index contributed by atoms with van der Waals surface area (Å²) in [5.74, 6) is -0.356. The van der Waals surface area contributed by atoms with Gasteiger partial charge in [-0.05, 0) is 36.6 Å². The highest BCUT2D eigenvalue weighted by Crippen LogP contribution is 2.34. The molecular weight excluding hydrogens is 407 g/mol. The van der Waals surface area contributed by atoms with Crippen LogP contribution in [0.5, 0.6) is 0 Å². The molecule has 0 spiro atoms. The van der Waals surface area contributed by atoms with Crippen molar-refractivity contribution < 1.29 is 22.8 Å². The molecule has 8 heteroatoms. The number of pyridine rings is 1. The van der Waals surface area contributed by atoms with Crippen LogP contribution in [-0.2, 0) is 22.3 Å². The second kappa shape index (κ2) is 8.69. The normalized spacial score (nSPS) is 20.9. The Morgan fingerprint density at radius 3 is 2.32 bits per heavy atom. The van der Waals surface area contributed by atoms with Gasteiger partial charge >= 0.3 is 6.18 Å². The number of rotatable bonds is 4. The number of carbonyl (C=O) groups is 2. The number of alkyl halides is 3. The van der Waals surface area contributed by atoms with Crippen molar-refractivity contribution in [2.75, 3.05) is 6.54 Å². The van der Waals surface area contributed by atoms with Crippen molar-refractivity contribution in [2.45, 2.75) is 56.9 Å². The molecule has 1 aliphatic heterocycles. The van der Waals surface area contributed by atoms with Gasteiger partial charge in [-0.3, -0.25) is 14.6 Å². The van der Waals surface area contributed by atoms with Crippen molar-refractivity contribution in [3.8, 4) is 0 Å². The minimum Gasteiger partial charge on any atom is -0.328 e. The summed E-state index contributed by atoms with van der Waals surface area (Å²) in [4.78, 5) is 33.9. The maximum Gasteiger partial charge on any atom is 0.416 e. The molecule has 2 heterocycles. The van der Waals surface area contributed by atoms with Crippen molar-refractivity contribution in [3.63, 3.8) is 0 Å². The minimum atomic E-state index is -4.42. The SMILES string of the molecule is O=C1[C@@H](c2cccnc2)N(Cc2ccc(C(F)(F)F)cc2)C(=O)CN1C1CCCCC1. The van der Waals surface area contributed by atoms with Crippen LogP contribution in [0, 0.1) is 0 Å². The fraction of sp³-hybridized carbons (Fsp3) is 0.435. The van der Waals surface area contributed by atoms with Crippen LogP contribution in [0.15, 0.2) is 48.8 Å². The molecule has 1 aliphatic carbocycles. The zero-order valence-corrected chi connectivity index (χ0v) is 17.0. The maximum absolute atomic E-state index is 13.5. The van der Waals surface area contributed by atoms with E-state index in [9.17, 15) is 22.8 Å². The summed E-state index contributed by atoms with van der Waals surface area (Å²) in [6.07, 6.45) is 3.73. The second-order valence-electron chi connectivity index (χ2n) is 8.16. The zero-order chi connectivity index (χ0) is 22.0. The van der Waals surface area contributed by atoms with Gasteiger partial charge in [-0.25, -0.2) is 0 Å². The molecule has 4 rings (SSSR count). The zero-order valence-electron chi connectivity index (χ0n) is 17.0. The van der Waals surface area contributed by atoms with Crippen LogP contribution in [-0.4, -0.2) is 39.2 Å². The Kier molecular flexibility index (Phi) is 5.98. The topological polar surface area (TPSA) is 53.5 Å². The van der Waals surface area contributed by atoms with Crippen molar-refractivity contribution in [3.05, 3.63) is 65.5 Å². The molecule has 0 unspecified atom stereocenters. The average Bonchev–Trinajstić information content (AvgIpc) is 2.77. The van der Waals surface area contributed by atoms with E-state index >= 15 is 0 Å². The van der Waals surface area contributed by atoms with Gasteiger partial charge < -0.3 is 9.80 Å². The molecule has 2 fully saturated rings. The summed E-state index contributed by atoms with van der Waals surface area (Å²) in [6.45, 7) is 0.0572. The number of carbonyl (C=O) groups excluding carboxylic acids is 2. The van der Waals surface area contributed by atoms with E-state index in [4.69, 9.17) is 0 Å². The van der Waals surface area contributed by atoms with E-state index in [1.165, 1.54) is 17.0 Å². The predicted octanol–water partition coefficient (Wildman–Crippen LogP) is 4.35. The standard InChI is InChI=1S/C23H24F3N3O2/c24-23(25,26)18-10-8-16(9-11-18)14-29-20(30)15-28(19-6-2-1-3-7-19)22(31)21(29)17-5-4-12-27-13-17/h4-5,8-13,19,21H,1-3,6-7,14-15H2/t21-/m1/s1. The quantitative estimate of drug-likeness (QED) is 0.724. The summed E-state index contributed by atoms with van der Waals surface area (Å²) in [7, 11) is 0. The first kappa shape index (κ1) is 21.3. The van der Waals surface area contributed by atoms with Gasteiger partial charge in [0.05, 0.1) is 5.56 Å². The van der Waals surface area contributed by atoms with E-state index < -0.39 is 17.8 Å². The molecule has 0 radical (unpaired) electrons. The number of hydrogen-bond donors (Lipinski definition) is 0. The fourth-order valence-electron chi connectivity index (χ4n) is 4.49. The lowest BCUT2D eigenvalue weighted by Crippen LogP contribution is -2.58. The predicted molar refractivity (Wildman–Crippen MR) is 108 cm³/mol. The Balaban J connectivity index is 1.62. The number of aromatic nitrogens is 1. The van der Waals surface area contributed by atoms with Gasteiger partial charge in [0, 0.05) is 30.5 Å². The lowest BCUT2D eigenvalue weighted by Gasteiger charge is -2.44. The van der Waals surface area contributed by atoms with Crippen molar-refractivity contribution in [1.29, 1.82) is 0 Å². The van der Waals surface area contributed by atoms with Crippen LogP contribution >= 0.6 is 0 Å². The fourth-order valence-corrected chi connectivity index (χ4v) is 4.49. The summed E-state index contributed by atoms with van der Waals surface area (Å²) >= 11 is 0. The van der Waals surface area contributed by atoms with Crippen molar-refractivity contribution in [2.24, 2.45) is 0 Å². The highest BCUT2D eigenvalue weighted by atomic mass is 19.4. The van der Waals surface area contributed by atoms with Crippen LogP contribution in [0.3, 0.4) is 0 Å². The molecule has 2 aromatic rings. The van der Waals surface area contributed by atoms with Gasteiger partial charge in [0.15, 0.2) is 0 Å². The summed E-state index contributed by atoms with van der Waals surface area (Å²) in [6, 6.07) is 7.40. The lowest BCUT2D eigenvalue weighted by molar-refractivity contribution is -0.160. The smallest absolute Gasteiger partial charge is 0.328 e. The van der Waals surface area contributed by atoms with E-state index in [0.717, 1.165) is 44.2 Å². The van der Waals surface area contributed by atoms with Gasteiger partial charge in [-0.1, -0.05) is 37.5 Å². The number of amides is 2. The van der Waals surface area contributed by atoms with Crippen LogP contribution in [0.25, 0.3) is 0 Å². The Morgan fingerprint density at radius 1 is 1.00 bits per heavy atom. The first-order chi connectivity index (χ1) is 14.8. The summed E-state index contributed by atoms with van der Waals surface area (Å²) < 4.78 is 38.6. The van der Waals surface area contributed by atoms with Gasteiger partial charge in [0.2, 0.25) is 5.91 Å². The van der Waals surface area contributed by atoms with Crippen LogP contribution in [0.1, 0.15) is 54.8 Å². The number of hydrogen-bond acceptors (Lipinski definition) is 3. The molecule has 31 heavy (non-hydrogen) atoms. The molecule has 1 saturated heterocycles. The molecule has 1 aromatic heterocycles. The van der Waals surface area contributed by atoms with E-state index in [-0.39, 0.29) is 30.9 Å². The Bertz CT molecular complexity index is 925. The molecule has 2 aliphatic rings. The molecule has 1 atom stereocenters. The Morgan fingerprint density at radius 2 is 1.71 bits per heavy atom. The van der Waals surface area contributed by atoms with Crippen LogP contribution < -0.4 is 0 Å².